The molecule has 0 bridgehead atoms. The number of anilines is 1. The summed E-state index contributed by atoms with van der Waals surface area (Å²) in [7, 11) is -2.11. The summed E-state index contributed by atoms with van der Waals surface area (Å²) in [5, 5.41) is 5.34. The Bertz CT molecular complexity index is 798. The van der Waals surface area contributed by atoms with Crippen LogP contribution in [-0.2, 0) is 16.6 Å². The van der Waals surface area contributed by atoms with Gasteiger partial charge in [-0.3, -0.25) is 4.98 Å². The predicted octanol–water partition coefficient (Wildman–Crippen LogP) is 2.26. The number of rotatable bonds is 7. The standard InChI is InChI=1S/C16H19ClN4O3S/c1-21(10-8-17)25(23,24)15-6-4-14(5-7-15)20-16(22)19-12-13-3-2-9-18-11-13/h2-7,9,11H,8,10,12H2,1H3,(H2,19,20,22). The molecule has 0 saturated heterocycles. The van der Waals surface area contributed by atoms with E-state index in [4.69, 9.17) is 11.6 Å². The molecule has 2 rings (SSSR count). The largest absolute Gasteiger partial charge is 0.334 e. The predicted molar refractivity (Wildman–Crippen MR) is 97.1 cm³/mol. The Morgan fingerprint density at radius 2 is 1.96 bits per heavy atom. The second kappa shape index (κ2) is 8.80. The smallest absolute Gasteiger partial charge is 0.319 e. The Balaban J connectivity index is 1.94. The number of nitrogens with one attached hydrogen (secondary N) is 2. The number of hydrogen-bond donors (Lipinski definition) is 2. The van der Waals surface area contributed by atoms with Crippen molar-refractivity contribution < 1.29 is 13.2 Å². The van der Waals surface area contributed by atoms with Gasteiger partial charge in [-0.2, -0.15) is 4.31 Å². The van der Waals surface area contributed by atoms with Gasteiger partial charge in [-0.15, -0.1) is 11.6 Å². The van der Waals surface area contributed by atoms with Gasteiger partial charge in [0, 0.05) is 44.1 Å². The first kappa shape index (κ1) is 19.2. The molecule has 2 aromatic rings. The Kier molecular flexibility index (Phi) is 6.74. The molecule has 0 spiro atoms. The molecular weight excluding hydrogens is 364 g/mol. The number of aromatic nitrogens is 1. The number of amides is 2. The number of nitrogens with zero attached hydrogens (tertiary/aromatic N) is 2. The zero-order valence-corrected chi connectivity index (χ0v) is 15.2. The molecule has 0 saturated carbocycles. The fraction of sp³-hybridized carbons (Fsp3) is 0.250. The second-order valence-electron chi connectivity index (χ2n) is 5.21. The van der Waals surface area contributed by atoms with Gasteiger partial charge in [-0.05, 0) is 35.9 Å². The molecule has 2 amide bonds. The van der Waals surface area contributed by atoms with Crippen LogP contribution in [0.5, 0.6) is 0 Å². The zero-order valence-electron chi connectivity index (χ0n) is 13.6. The maximum Gasteiger partial charge on any atom is 0.319 e. The Hall–Kier alpha value is -2.16. The molecule has 9 heteroatoms. The number of sulfonamides is 1. The lowest BCUT2D eigenvalue weighted by atomic mass is 10.3. The van der Waals surface area contributed by atoms with Crippen molar-refractivity contribution in [3.8, 4) is 0 Å². The van der Waals surface area contributed by atoms with E-state index in [-0.39, 0.29) is 17.3 Å². The van der Waals surface area contributed by atoms with E-state index in [0.717, 1.165) is 5.56 Å². The van der Waals surface area contributed by atoms with E-state index in [1.54, 1.807) is 18.5 Å². The third-order valence-corrected chi connectivity index (χ3v) is 5.44. The van der Waals surface area contributed by atoms with Crippen LogP contribution in [0.3, 0.4) is 0 Å². The first-order valence-corrected chi connectivity index (χ1v) is 9.47. The second-order valence-corrected chi connectivity index (χ2v) is 7.63. The number of hydrogen-bond acceptors (Lipinski definition) is 4. The van der Waals surface area contributed by atoms with Gasteiger partial charge in [0.25, 0.3) is 0 Å². The monoisotopic (exact) mass is 382 g/mol. The molecule has 1 aromatic heterocycles. The quantitative estimate of drug-likeness (QED) is 0.718. The average molecular weight is 383 g/mol. The summed E-state index contributed by atoms with van der Waals surface area (Å²) >= 11 is 5.58. The van der Waals surface area contributed by atoms with Gasteiger partial charge < -0.3 is 10.6 Å². The number of halogens is 1. The van der Waals surface area contributed by atoms with Crippen LogP contribution in [0.25, 0.3) is 0 Å². The normalized spacial score (nSPS) is 11.3. The van der Waals surface area contributed by atoms with Crippen LogP contribution in [0.2, 0.25) is 0 Å². The lowest BCUT2D eigenvalue weighted by Gasteiger charge is -2.16. The van der Waals surface area contributed by atoms with E-state index in [9.17, 15) is 13.2 Å². The number of carbonyl (C=O) groups excluding carboxylic acids is 1. The summed E-state index contributed by atoms with van der Waals surface area (Å²) < 4.78 is 25.7. The van der Waals surface area contributed by atoms with Crippen molar-refractivity contribution in [2.45, 2.75) is 11.4 Å². The number of carbonyl (C=O) groups is 1. The van der Waals surface area contributed by atoms with Gasteiger partial charge in [0.2, 0.25) is 10.0 Å². The molecule has 2 N–H and O–H groups in total. The van der Waals surface area contributed by atoms with Crippen molar-refractivity contribution in [2.75, 3.05) is 24.8 Å². The number of benzene rings is 1. The van der Waals surface area contributed by atoms with Gasteiger partial charge in [0.05, 0.1) is 4.90 Å². The molecule has 134 valence electrons. The van der Waals surface area contributed by atoms with E-state index in [2.05, 4.69) is 15.6 Å². The minimum Gasteiger partial charge on any atom is -0.334 e. The third kappa shape index (κ3) is 5.42. The summed E-state index contributed by atoms with van der Waals surface area (Å²) in [6, 6.07) is 9.20. The highest BCUT2D eigenvalue weighted by Crippen LogP contribution is 2.17. The maximum absolute atomic E-state index is 12.3. The van der Waals surface area contributed by atoms with E-state index in [1.165, 1.54) is 35.6 Å². The SMILES string of the molecule is CN(CCCl)S(=O)(=O)c1ccc(NC(=O)NCc2cccnc2)cc1. The van der Waals surface area contributed by atoms with Gasteiger partial charge in [0.1, 0.15) is 0 Å². The van der Waals surface area contributed by atoms with Crippen molar-refractivity contribution >= 4 is 33.3 Å². The molecule has 0 aliphatic rings. The topological polar surface area (TPSA) is 91.4 Å². The minimum absolute atomic E-state index is 0.140. The Morgan fingerprint density at radius 3 is 2.56 bits per heavy atom. The van der Waals surface area contributed by atoms with Crippen LogP contribution in [0.1, 0.15) is 5.56 Å². The van der Waals surface area contributed by atoms with Gasteiger partial charge in [0.15, 0.2) is 0 Å². The third-order valence-electron chi connectivity index (χ3n) is 3.40. The van der Waals surface area contributed by atoms with Gasteiger partial charge >= 0.3 is 6.03 Å². The lowest BCUT2D eigenvalue weighted by Crippen LogP contribution is -2.29. The molecule has 1 heterocycles. The van der Waals surface area contributed by atoms with Crippen LogP contribution < -0.4 is 10.6 Å². The Labute approximate surface area is 152 Å². The lowest BCUT2D eigenvalue weighted by molar-refractivity contribution is 0.251. The van der Waals surface area contributed by atoms with Crippen molar-refractivity contribution in [1.82, 2.24) is 14.6 Å². The van der Waals surface area contributed by atoms with Gasteiger partial charge in [-0.1, -0.05) is 6.07 Å². The number of alkyl halides is 1. The highest BCUT2D eigenvalue weighted by molar-refractivity contribution is 7.89. The van der Waals surface area contributed by atoms with E-state index < -0.39 is 16.1 Å². The summed E-state index contributed by atoms with van der Waals surface area (Å²) in [5.74, 6) is 0.215. The van der Waals surface area contributed by atoms with Crippen molar-refractivity contribution in [3.63, 3.8) is 0 Å². The van der Waals surface area contributed by atoms with Crippen LogP contribution >= 0.6 is 11.6 Å². The Morgan fingerprint density at radius 1 is 1.24 bits per heavy atom. The molecule has 0 fully saturated rings. The molecule has 0 atom stereocenters. The molecule has 0 aliphatic heterocycles. The van der Waals surface area contributed by atoms with Crippen molar-refractivity contribution in [3.05, 3.63) is 54.4 Å². The molecule has 7 nitrogen and oxygen atoms in total. The first-order valence-electron chi connectivity index (χ1n) is 7.49. The summed E-state index contributed by atoms with van der Waals surface area (Å²) in [6.45, 7) is 0.565. The van der Waals surface area contributed by atoms with Crippen LogP contribution in [0, 0.1) is 0 Å². The number of pyridine rings is 1. The fourth-order valence-corrected chi connectivity index (χ4v) is 3.52. The molecule has 0 aliphatic carbocycles. The zero-order chi connectivity index (χ0) is 18.3. The highest BCUT2D eigenvalue weighted by Gasteiger charge is 2.19. The molecule has 0 unspecified atom stereocenters. The fourth-order valence-electron chi connectivity index (χ4n) is 1.99. The summed E-state index contributed by atoms with van der Waals surface area (Å²) in [5.41, 5.74) is 1.36. The molecule has 0 radical (unpaired) electrons. The van der Waals surface area contributed by atoms with Crippen molar-refractivity contribution in [2.24, 2.45) is 0 Å². The maximum atomic E-state index is 12.3. The minimum atomic E-state index is -3.58. The van der Waals surface area contributed by atoms with E-state index >= 15 is 0 Å². The molecule has 25 heavy (non-hydrogen) atoms. The highest BCUT2D eigenvalue weighted by atomic mass is 35.5. The first-order chi connectivity index (χ1) is 11.9. The summed E-state index contributed by atoms with van der Waals surface area (Å²) in [4.78, 5) is 16.0. The van der Waals surface area contributed by atoms with E-state index in [1.807, 2.05) is 6.07 Å². The van der Waals surface area contributed by atoms with E-state index in [0.29, 0.717) is 12.2 Å². The molecular formula is C16H19ClN4O3S. The van der Waals surface area contributed by atoms with Crippen LogP contribution in [0.15, 0.2) is 53.7 Å². The molecule has 1 aromatic carbocycles. The number of urea groups is 1. The van der Waals surface area contributed by atoms with Crippen LogP contribution in [0.4, 0.5) is 10.5 Å². The summed E-state index contributed by atoms with van der Waals surface area (Å²) in [6.07, 6.45) is 3.32. The van der Waals surface area contributed by atoms with Crippen molar-refractivity contribution in [1.29, 1.82) is 0 Å². The average Bonchev–Trinajstić information content (AvgIpc) is 2.61. The van der Waals surface area contributed by atoms with Crippen LogP contribution in [-0.4, -0.2) is 43.2 Å². The van der Waals surface area contributed by atoms with Gasteiger partial charge in [-0.25, -0.2) is 13.2 Å².